The first kappa shape index (κ1) is 27.7. The van der Waals surface area contributed by atoms with Gasteiger partial charge in [0.25, 0.3) is 0 Å². The third kappa shape index (κ3) is 4.86. The van der Waals surface area contributed by atoms with Crippen molar-refractivity contribution in [2.24, 2.45) is 7.05 Å². The van der Waals surface area contributed by atoms with Crippen molar-refractivity contribution in [2.75, 3.05) is 26.9 Å². The average molecular weight is 591 g/mol. The Labute approximate surface area is 244 Å². The molecular weight excluding hydrogens is 562 g/mol. The van der Waals surface area contributed by atoms with Crippen LogP contribution in [-0.2, 0) is 23.1 Å². The summed E-state index contributed by atoms with van der Waals surface area (Å²) in [7, 11) is 3.39. The molecule has 0 fully saturated rings. The molecule has 0 bridgehead atoms. The predicted octanol–water partition coefficient (Wildman–Crippen LogP) is 5.62. The smallest absolute Gasteiger partial charge is 0.246 e. The molecule has 1 aliphatic rings. The van der Waals surface area contributed by atoms with Crippen LogP contribution in [-0.4, -0.2) is 62.0 Å². The monoisotopic (exact) mass is 590 g/mol. The summed E-state index contributed by atoms with van der Waals surface area (Å²) < 4.78 is 45.7. The first-order chi connectivity index (χ1) is 20.3. The number of fused-ring (bicyclic) bond motifs is 2. The molecule has 6 rings (SSSR count). The maximum absolute atomic E-state index is 15.9. The number of hydrogen-bond acceptors (Lipinski definition) is 7. The number of halogens is 2. The summed E-state index contributed by atoms with van der Waals surface area (Å²) >= 11 is 1.41. The van der Waals surface area contributed by atoms with Gasteiger partial charge >= 0.3 is 0 Å². The van der Waals surface area contributed by atoms with Gasteiger partial charge in [0, 0.05) is 54.7 Å². The van der Waals surface area contributed by atoms with Crippen LogP contribution in [0.25, 0.3) is 44.0 Å². The first-order valence-corrected chi connectivity index (χ1v) is 14.2. The average Bonchev–Trinajstić information content (AvgIpc) is 3.72. The third-order valence-electron chi connectivity index (χ3n) is 7.17. The van der Waals surface area contributed by atoms with Crippen LogP contribution < -0.4 is 4.74 Å². The molecular formula is C30H28F2N6O3S. The van der Waals surface area contributed by atoms with Crippen molar-refractivity contribution < 1.29 is 23.0 Å². The zero-order valence-electron chi connectivity index (χ0n) is 23.3. The van der Waals surface area contributed by atoms with Gasteiger partial charge in [0.05, 0.1) is 42.5 Å². The standard InChI is InChI=1S/C30H28F2N6O3S/c1-5-25(39)37-13-17(2)38-19(14-37)12-22(35-38)29-27(26-21(32)10-18(31)11-24(26)41-8-7-40-4)30-20(6-9-42-30)28(34-29)23-15-36(3)16-33-23/h5-6,9-12,15-17H,1,7-8,13-14H2,2-4H3/t17-/m0/s1. The van der Waals surface area contributed by atoms with E-state index in [1.807, 2.05) is 46.9 Å². The lowest BCUT2D eigenvalue weighted by molar-refractivity contribution is -0.127. The van der Waals surface area contributed by atoms with Crippen molar-refractivity contribution in [3.63, 3.8) is 0 Å². The van der Waals surface area contributed by atoms with Gasteiger partial charge in [-0.1, -0.05) is 6.58 Å². The Morgan fingerprint density at radius 2 is 2.02 bits per heavy atom. The number of hydrogen-bond donors (Lipinski definition) is 0. The normalized spacial score (nSPS) is 14.8. The highest BCUT2D eigenvalue weighted by molar-refractivity contribution is 7.18. The number of pyridine rings is 1. The summed E-state index contributed by atoms with van der Waals surface area (Å²) in [5.74, 6) is -1.68. The number of ether oxygens (including phenoxy) is 2. The van der Waals surface area contributed by atoms with Crippen LogP contribution in [0, 0.1) is 11.6 Å². The number of carbonyl (C=O) groups excluding carboxylic acids is 1. The number of amides is 1. The van der Waals surface area contributed by atoms with E-state index in [0.717, 1.165) is 21.8 Å². The van der Waals surface area contributed by atoms with Crippen LogP contribution in [0.2, 0.25) is 0 Å². The van der Waals surface area contributed by atoms with Gasteiger partial charge in [-0.2, -0.15) is 5.10 Å². The van der Waals surface area contributed by atoms with E-state index in [4.69, 9.17) is 19.6 Å². The van der Waals surface area contributed by atoms with Crippen molar-refractivity contribution in [1.29, 1.82) is 0 Å². The zero-order valence-corrected chi connectivity index (χ0v) is 24.1. The quantitative estimate of drug-likeness (QED) is 0.172. The molecule has 1 aromatic carbocycles. The number of nitrogens with zero attached hydrogens (tertiary/aromatic N) is 6. The highest BCUT2D eigenvalue weighted by Crippen LogP contribution is 2.47. The molecule has 0 unspecified atom stereocenters. The molecule has 0 radical (unpaired) electrons. The van der Waals surface area contributed by atoms with E-state index in [0.29, 0.717) is 41.4 Å². The molecule has 1 aliphatic heterocycles. The van der Waals surface area contributed by atoms with E-state index in [1.165, 1.54) is 30.6 Å². The summed E-state index contributed by atoms with van der Waals surface area (Å²) in [5.41, 5.74) is 3.45. The van der Waals surface area contributed by atoms with E-state index in [2.05, 4.69) is 11.6 Å². The Hall–Kier alpha value is -4.42. The minimum atomic E-state index is -0.786. The number of imidazole rings is 1. The van der Waals surface area contributed by atoms with Gasteiger partial charge in [-0.15, -0.1) is 11.3 Å². The Kier molecular flexibility index (Phi) is 7.33. The van der Waals surface area contributed by atoms with E-state index in [-0.39, 0.29) is 36.5 Å². The van der Waals surface area contributed by atoms with Crippen molar-refractivity contribution >= 4 is 27.3 Å². The molecule has 42 heavy (non-hydrogen) atoms. The molecule has 4 aromatic heterocycles. The molecule has 0 spiro atoms. The molecule has 5 aromatic rings. The maximum atomic E-state index is 15.9. The number of thiophene rings is 1. The number of rotatable bonds is 8. The predicted molar refractivity (Wildman–Crippen MR) is 156 cm³/mol. The number of benzene rings is 1. The van der Waals surface area contributed by atoms with Crippen LogP contribution >= 0.6 is 11.3 Å². The van der Waals surface area contributed by atoms with Gasteiger partial charge in [-0.25, -0.2) is 18.7 Å². The molecule has 12 heteroatoms. The number of aryl methyl sites for hydroxylation is 1. The fraction of sp³-hybridized carbons (Fsp3) is 0.267. The van der Waals surface area contributed by atoms with Gasteiger partial charge in [0.2, 0.25) is 5.91 Å². The van der Waals surface area contributed by atoms with Gasteiger partial charge in [-0.05, 0) is 30.5 Å². The molecule has 216 valence electrons. The number of aromatic nitrogens is 5. The highest BCUT2D eigenvalue weighted by Gasteiger charge is 2.30. The number of methoxy groups -OCH3 is 1. The van der Waals surface area contributed by atoms with Crippen molar-refractivity contribution in [3.8, 4) is 39.7 Å². The largest absolute Gasteiger partial charge is 0.490 e. The summed E-state index contributed by atoms with van der Waals surface area (Å²) in [5, 5.41) is 7.57. The topological polar surface area (TPSA) is 87.3 Å². The third-order valence-corrected chi connectivity index (χ3v) is 8.10. The molecule has 0 N–H and O–H groups in total. The minimum absolute atomic E-state index is 0.0352. The van der Waals surface area contributed by atoms with E-state index >= 15 is 4.39 Å². The molecule has 0 saturated heterocycles. The second-order valence-corrected chi connectivity index (χ2v) is 11.0. The summed E-state index contributed by atoms with van der Waals surface area (Å²) in [4.78, 5) is 23.7. The van der Waals surface area contributed by atoms with E-state index < -0.39 is 11.6 Å². The maximum Gasteiger partial charge on any atom is 0.246 e. The number of carbonyl (C=O) groups is 1. The molecule has 1 atom stereocenters. The van der Waals surface area contributed by atoms with Gasteiger partial charge < -0.3 is 18.9 Å². The van der Waals surface area contributed by atoms with Gasteiger partial charge in [-0.3, -0.25) is 9.48 Å². The Bertz CT molecular complexity index is 1830. The Morgan fingerprint density at radius 3 is 2.76 bits per heavy atom. The summed E-state index contributed by atoms with van der Waals surface area (Å²) in [6.45, 7) is 6.72. The fourth-order valence-corrected chi connectivity index (χ4v) is 6.26. The van der Waals surface area contributed by atoms with Crippen LogP contribution in [0.4, 0.5) is 8.78 Å². The second kappa shape index (κ2) is 11.1. The van der Waals surface area contributed by atoms with Gasteiger partial charge in [0.1, 0.15) is 41.1 Å². The summed E-state index contributed by atoms with van der Waals surface area (Å²) in [6.07, 6.45) is 4.84. The lowest BCUT2D eigenvalue weighted by atomic mass is 9.97. The summed E-state index contributed by atoms with van der Waals surface area (Å²) in [6, 6.07) is 5.66. The second-order valence-electron chi connectivity index (χ2n) is 10.1. The van der Waals surface area contributed by atoms with Crippen LogP contribution in [0.1, 0.15) is 18.7 Å². The van der Waals surface area contributed by atoms with Crippen LogP contribution in [0.3, 0.4) is 0 Å². The Morgan fingerprint density at radius 1 is 1.19 bits per heavy atom. The van der Waals surface area contributed by atoms with Crippen molar-refractivity contribution in [3.05, 3.63) is 72.2 Å². The minimum Gasteiger partial charge on any atom is -0.490 e. The molecule has 1 amide bonds. The van der Waals surface area contributed by atoms with Crippen LogP contribution in [0.15, 0.2) is 54.8 Å². The SMILES string of the molecule is C=CC(=O)N1Cc2cc(-c3nc(-c4cn(C)cn4)c4ccsc4c3-c3c(F)cc(F)cc3OCCOC)nn2[C@@H](C)C1. The van der Waals surface area contributed by atoms with Gasteiger partial charge in [0.15, 0.2) is 0 Å². The van der Waals surface area contributed by atoms with Crippen molar-refractivity contribution in [1.82, 2.24) is 29.2 Å². The lowest BCUT2D eigenvalue weighted by Crippen LogP contribution is -2.39. The lowest BCUT2D eigenvalue weighted by Gasteiger charge is -2.31. The first-order valence-electron chi connectivity index (χ1n) is 13.3. The van der Waals surface area contributed by atoms with Crippen LogP contribution in [0.5, 0.6) is 5.75 Å². The molecule has 0 saturated carbocycles. The molecule has 0 aliphatic carbocycles. The highest BCUT2D eigenvalue weighted by atomic mass is 32.1. The fourth-order valence-electron chi connectivity index (χ4n) is 5.32. The van der Waals surface area contributed by atoms with E-state index in [9.17, 15) is 9.18 Å². The molecule has 5 heterocycles. The Balaban J connectivity index is 1.63. The van der Waals surface area contributed by atoms with E-state index in [1.54, 1.807) is 11.2 Å². The zero-order chi connectivity index (χ0) is 29.5. The van der Waals surface area contributed by atoms with Crippen molar-refractivity contribution in [2.45, 2.75) is 19.5 Å². The molecule has 9 nitrogen and oxygen atoms in total.